The van der Waals surface area contributed by atoms with E-state index in [-0.39, 0.29) is 12.2 Å². The molecule has 0 heterocycles. The third-order valence-electron chi connectivity index (χ3n) is 2.09. The van der Waals surface area contributed by atoms with E-state index in [1.54, 1.807) is 0 Å². The van der Waals surface area contributed by atoms with Crippen molar-refractivity contribution in [2.24, 2.45) is 0 Å². The first-order chi connectivity index (χ1) is 8.51. The summed E-state index contributed by atoms with van der Waals surface area (Å²) in [6, 6.07) is 9.38. The number of carbonyl (C=O) groups excluding carboxylic acids is 1. The van der Waals surface area contributed by atoms with Gasteiger partial charge in [-0.3, -0.25) is 4.84 Å². The Balaban J connectivity index is 2.25. The number of hydrogen-bond donors (Lipinski definition) is 1. The van der Waals surface area contributed by atoms with Crippen LogP contribution in [0.25, 0.3) is 0 Å². The molecule has 1 unspecified atom stereocenters. The summed E-state index contributed by atoms with van der Waals surface area (Å²) in [5.74, 6) is 0. The minimum atomic E-state index is -0.451. The monoisotopic (exact) mass is 251 g/mol. The van der Waals surface area contributed by atoms with Gasteiger partial charge < -0.3 is 9.53 Å². The van der Waals surface area contributed by atoms with Gasteiger partial charge in [-0.2, -0.15) is 5.48 Å². The van der Waals surface area contributed by atoms with Gasteiger partial charge in [-0.25, -0.2) is 0 Å². The lowest BCUT2D eigenvalue weighted by atomic mass is 10.2. The molecule has 0 aliphatic carbocycles. The zero-order valence-electron chi connectivity index (χ0n) is 11.2. The Morgan fingerprint density at radius 1 is 1.28 bits per heavy atom. The average molecular weight is 251 g/mol. The van der Waals surface area contributed by atoms with Crippen molar-refractivity contribution in [3.8, 4) is 0 Å². The zero-order valence-corrected chi connectivity index (χ0v) is 11.2. The molecule has 0 radical (unpaired) electrons. The van der Waals surface area contributed by atoms with E-state index in [2.05, 4.69) is 5.48 Å². The van der Waals surface area contributed by atoms with E-state index in [1.807, 2.05) is 51.1 Å². The van der Waals surface area contributed by atoms with Crippen molar-refractivity contribution in [1.82, 2.24) is 5.48 Å². The normalized spacial score (nSPS) is 13.3. The summed E-state index contributed by atoms with van der Waals surface area (Å²) in [6.07, 6.45) is 0.788. The second-order valence-corrected chi connectivity index (χ2v) is 5.08. The lowest BCUT2D eigenvalue weighted by Crippen LogP contribution is -2.40. The van der Waals surface area contributed by atoms with Gasteiger partial charge in [0.2, 0.25) is 0 Å². The summed E-state index contributed by atoms with van der Waals surface area (Å²) in [4.78, 5) is 16.2. The average Bonchev–Trinajstić information content (AvgIpc) is 2.33. The number of benzene rings is 1. The predicted octanol–water partition coefficient (Wildman–Crippen LogP) is 2.09. The Morgan fingerprint density at radius 2 is 1.94 bits per heavy atom. The number of aldehydes is 1. The molecule has 18 heavy (non-hydrogen) atoms. The fourth-order valence-corrected chi connectivity index (χ4v) is 1.23. The Kier molecular flexibility index (Phi) is 5.98. The molecule has 1 rings (SSSR count). The number of carbonyl (C=O) groups is 1. The van der Waals surface area contributed by atoms with Crippen LogP contribution in [0.1, 0.15) is 26.3 Å². The van der Waals surface area contributed by atoms with Crippen molar-refractivity contribution >= 4 is 6.29 Å². The molecule has 0 spiro atoms. The molecule has 0 bridgehead atoms. The van der Waals surface area contributed by atoms with Crippen LogP contribution in [-0.2, 0) is 21.0 Å². The van der Waals surface area contributed by atoms with Gasteiger partial charge >= 0.3 is 0 Å². The molecule has 4 nitrogen and oxygen atoms in total. The Labute approximate surface area is 108 Å². The summed E-state index contributed by atoms with van der Waals surface area (Å²) in [5.41, 5.74) is 3.45. The highest BCUT2D eigenvalue weighted by molar-refractivity contribution is 5.57. The molecule has 0 aromatic heterocycles. The van der Waals surface area contributed by atoms with Gasteiger partial charge in [0.05, 0.1) is 18.8 Å². The summed E-state index contributed by atoms with van der Waals surface area (Å²) in [6.45, 7) is 6.50. The fraction of sp³-hybridized carbons (Fsp3) is 0.500. The van der Waals surface area contributed by atoms with Gasteiger partial charge in [-0.1, -0.05) is 30.3 Å². The molecule has 1 aromatic rings. The van der Waals surface area contributed by atoms with Crippen molar-refractivity contribution in [3.63, 3.8) is 0 Å². The molecule has 0 aliphatic heterocycles. The maximum atomic E-state index is 10.8. The van der Waals surface area contributed by atoms with Crippen LogP contribution in [0.5, 0.6) is 0 Å². The Hall–Kier alpha value is -1.23. The number of nitrogens with one attached hydrogen (secondary N) is 1. The lowest BCUT2D eigenvalue weighted by molar-refractivity contribution is -0.126. The third kappa shape index (κ3) is 6.49. The van der Waals surface area contributed by atoms with Crippen LogP contribution in [0.15, 0.2) is 30.3 Å². The van der Waals surface area contributed by atoms with Crippen molar-refractivity contribution in [2.75, 3.05) is 6.61 Å². The first-order valence-electron chi connectivity index (χ1n) is 6.02. The largest absolute Gasteiger partial charge is 0.375 e. The molecule has 1 aromatic carbocycles. The molecular formula is C14H21NO3. The second-order valence-electron chi connectivity index (χ2n) is 5.08. The highest BCUT2D eigenvalue weighted by atomic mass is 16.7. The molecule has 0 saturated heterocycles. The van der Waals surface area contributed by atoms with Gasteiger partial charge in [0, 0.05) is 0 Å². The standard InChI is InChI=1S/C14H21NO3/c1-14(2,3)18-15-13(9-16)11-17-10-12-7-5-4-6-8-12/h4-9,13,15H,10-11H2,1-3H3. The number of hydroxylamine groups is 1. The van der Waals surface area contributed by atoms with E-state index in [9.17, 15) is 4.79 Å². The van der Waals surface area contributed by atoms with Crippen molar-refractivity contribution in [3.05, 3.63) is 35.9 Å². The van der Waals surface area contributed by atoms with Crippen LogP contribution in [0, 0.1) is 0 Å². The van der Waals surface area contributed by atoms with E-state index in [1.165, 1.54) is 0 Å². The van der Waals surface area contributed by atoms with Crippen LogP contribution in [0.2, 0.25) is 0 Å². The van der Waals surface area contributed by atoms with Crippen LogP contribution in [0.3, 0.4) is 0 Å². The Morgan fingerprint density at radius 3 is 2.50 bits per heavy atom. The van der Waals surface area contributed by atoms with Crippen LogP contribution in [-0.4, -0.2) is 24.5 Å². The summed E-state index contributed by atoms with van der Waals surface area (Å²) in [7, 11) is 0. The smallest absolute Gasteiger partial charge is 0.141 e. The first-order valence-corrected chi connectivity index (χ1v) is 6.02. The van der Waals surface area contributed by atoms with Crippen LogP contribution < -0.4 is 5.48 Å². The van der Waals surface area contributed by atoms with E-state index < -0.39 is 6.04 Å². The zero-order chi connectivity index (χ0) is 13.4. The summed E-state index contributed by atoms with van der Waals surface area (Å²) in [5, 5.41) is 0. The lowest BCUT2D eigenvalue weighted by Gasteiger charge is -2.22. The topological polar surface area (TPSA) is 47.6 Å². The van der Waals surface area contributed by atoms with Crippen LogP contribution >= 0.6 is 0 Å². The number of rotatable bonds is 7. The van der Waals surface area contributed by atoms with Crippen molar-refractivity contribution in [1.29, 1.82) is 0 Å². The molecule has 0 amide bonds. The van der Waals surface area contributed by atoms with E-state index >= 15 is 0 Å². The van der Waals surface area contributed by atoms with Crippen LogP contribution in [0.4, 0.5) is 0 Å². The highest BCUT2D eigenvalue weighted by Crippen LogP contribution is 2.05. The summed E-state index contributed by atoms with van der Waals surface area (Å²) < 4.78 is 5.46. The van der Waals surface area contributed by atoms with E-state index in [0.29, 0.717) is 6.61 Å². The first kappa shape index (κ1) is 14.8. The minimum Gasteiger partial charge on any atom is -0.375 e. The molecule has 1 N–H and O–H groups in total. The van der Waals surface area contributed by atoms with Gasteiger partial charge in [-0.05, 0) is 26.3 Å². The molecule has 4 heteroatoms. The van der Waals surface area contributed by atoms with E-state index in [4.69, 9.17) is 9.57 Å². The molecule has 0 fully saturated rings. The quantitative estimate of drug-likeness (QED) is 0.595. The maximum absolute atomic E-state index is 10.8. The van der Waals surface area contributed by atoms with Gasteiger partial charge in [-0.15, -0.1) is 0 Å². The molecule has 1 atom stereocenters. The number of hydrogen-bond acceptors (Lipinski definition) is 4. The molecular weight excluding hydrogens is 230 g/mol. The van der Waals surface area contributed by atoms with Gasteiger partial charge in [0.15, 0.2) is 0 Å². The van der Waals surface area contributed by atoms with Crippen molar-refractivity contribution < 1.29 is 14.4 Å². The molecule has 100 valence electrons. The maximum Gasteiger partial charge on any atom is 0.141 e. The van der Waals surface area contributed by atoms with E-state index in [0.717, 1.165) is 11.8 Å². The van der Waals surface area contributed by atoms with Crippen molar-refractivity contribution in [2.45, 2.75) is 39.0 Å². The van der Waals surface area contributed by atoms with Gasteiger partial charge in [0.1, 0.15) is 12.3 Å². The predicted molar refractivity (Wildman–Crippen MR) is 69.9 cm³/mol. The number of ether oxygens (including phenoxy) is 1. The molecule has 0 aliphatic rings. The SMILES string of the molecule is CC(C)(C)ONC(C=O)COCc1ccccc1. The molecule has 0 saturated carbocycles. The Bertz CT molecular complexity index is 346. The fourth-order valence-electron chi connectivity index (χ4n) is 1.23. The second kappa shape index (κ2) is 7.26. The minimum absolute atomic E-state index is 0.286. The third-order valence-corrected chi connectivity index (χ3v) is 2.09. The summed E-state index contributed by atoms with van der Waals surface area (Å²) >= 11 is 0. The van der Waals surface area contributed by atoms with Gasteiger partial charge in [0.25, 0.3) is 0 Å². The highest BCUT2D eigenvalue weighted by Gasteiger charge is 2.14.